The van der Waals surface area contributed by atoms with Crippen LogP contribution in [0.1, 0.15) is 59.7 Å². The molecule has 0 fully saturated rings. The largest absolute Gasteiger partial charge is 0.0622 e. The number of hydrogen-bond acceptors (Lipinski definition) is 0. The summed E-state index contributed by atoms with van der Waals surface area (Å²) in [4.78, 5) is 0. The van der Waals surface area contributed by atoms with Gasteiger partial charge in [-0.3, -0.25) is 0 Å². The zero-order valence-electron chi connectivity index (χ0n) is 16.2. The molecule has 0 unspecified atom stereocenters. The van der Waals surface area contributed by atoms with E-state index in [0.29, 0.717) is 0 Å². The number of benzene rings is 3. The average Bonchev–Trinajstić information content (AvgIpc) is 3.07. The molecule has 0 saturated carbocycles. The van der Waals surface area contributed by atoms with E-state index < -0.39 is 0 Å². The molecule has 1 aliphatic rings. The van der Waals surface area contributed by atoms with Crippen molar-refractivity contribution in [1.29, 1.82) is 0 Å². The zero-order chi connectivity index (χ0) is 18.1. The molecule has 0 spiro atoms. The van der Waals surface area contributed by atoms with Crippen molar-refractivity contribution < 1.29 is 0 Å². The molecule has 3 aromatic carbocycles. The minimum atomic E-state index is 1.05. The van der Waals surface area contributed by atoms with Crippen LogP contribution in [0.2, 0.25) is 0 Å². The van der Waals surface area contributed by atoms with E-state index in [4.69, 9.17) is 0 Å². The Morgan fingerprint density at radius 2 is 1.27 bits per heavy atom. The normalized spacial score (nSPS) is 12.1. The second-order valence-corrected chi connectivity index (χ2v) is 7.32. The molecule has 1 aliphatic carbocycles. The van der Waals surface area contributed by atoms with E-state index in [2.05, 4.69) is 75.4 Å². The molecule has 0 atom stereocenters. The first kappa shape index (κ1) is 17.1. The van der Waals surface area contributed by atoms with Gasteiger partial charge in [0.05, 0.1) is 0 Å². The van der Waals surface area contributed by atoms with Crippen molar-refractivity contribution in [2.24, 2.45) is 0 Å². The highest BCUT2D eigenvalue weighted by Gasteiger charge is 2.27. The molecule has 0 nitrogen and oxygen atoms in total. The molecule has 0 aromatic heterocycles. The molecule has 132 valence electrons. The first-order valence-electron chi connectivity index (χ1n) is 10.1. The van der Waals surface area contributed by atoms with Gasteiger partial charge in [0.1, 0.15) is 0 Å². The Morgan fingerprint density at radius 1 is 0.654 bits per heavy atom. The van der Waals surface area contributed by atoms with Crippen molar-refractivity contribution in [3.05, 3.63) is 93.5 Å². The van der Waals surface area contributed by atoms with Crippen LogP contribution in [-0.2, 0) is 32.1 Å². The average molecular weight is 341 g/mol. The second-order valence-electron chi connectivity index (χ2n) is 7.32. The maximum atomic E-state index is 2.33. The zero-order valence-corrected chi connectivity index (χ0v) is 16.2. The Kier molecular flexibility index (Phi) is 4.68. The highest BCUT2D eigenvalue weighted by Crippen LogP contribution is 2.45. The first-order valence-corrected chi connectivity index (χ1v) is 10.1. The molecule has 0 N–H and O–H groups in total. The highest BCUT2D eigenvalue weighted by atomic mass is 14.3. The minimum Gasteiger partial charge on any atom is -0.0622 e. The Bertz CT molecular complexity index is 932. The van der Waals surface area contributed by atoms with Gasteiger partial charge in [-0.25, -0.2) is 0 Å². The quantitative estimate of drug-likeness (QED) is 0.387. The van der Waals surface area contributed by atoms with Crippen LogP contribution in [-0.4, -0.2) is 0 Å². The predicted molar refractivity (Wildman–Crippen MR) is 112 cm³/mol. The van der Waals surface area contributed by atoms with E-state index in [0.717, 1.165) is 32.1 Å². The van der Waals surface area contributed by atoms with Crippen molar-refractivity contribution in [3.8, 4) is 11.1 Å². The molecule has 0 bridgehead atoms. The highest BCUT2D eigenvalue weighted by molar-refractivity contribution is 5.83. The van der Waals surface area contributed by atoms with Crippen LogP contribution in [0, 0.1) is 0 Å². The van der Waals surface area contributed by atoms with Gasteiger partial charge in [0.25, 0.3) is 0 Å². The van der Waals surface area contributed by atoms with Crippen molar-refractivity contribution in [3.63, 3.8) is 0 Å². The molecule has 4 rings (SSSR count). The molecular weight excluding hydrogens is 312 g/mol. The van der Waals surface area contributed by atoms with Gasteiger partial charge >= 0.3 is 0 Å². The Hall–Kier alpha value is -2.34. The topological polar surface area (TPSA) is 0 Å². The van der Waals surface area contributed by atoms with Gasteiger partial charge in [-0.15, -0.1) is 0 Å². The molecule has 3 aromatic rings. The third-order valence-corrected chi connectivity index (χ3v) is 6.00. The maximum Gasteiger partial charge on any atom is -0.00104 e. The molecule has 0 heteroatoms. The SMILES string of the molecule is CCc1c(CC)c(CC)c2c(c1Cc1ccccc1)Cc1ccccc1-2. The first-order chi connectivity index (χ1) is 12.8. The van der Waals surface area contributed by atoms with E-state index in [-0.39, 0.29) is 0 Å². The van der Waals surface area contributed by atoms with Crippen LogP contribution in [0.15, 0.2) is 54.6 Å². The standard InChI is InChI=1S/C26H28/c1-4-20-21(5-2)24(16-18-12-8-7-9-13-18)25-17-19-14-10-11-15-23(19)26(25)22(20)6-3/h7-15H,4-6,16-17H2,1-3H3. The minimum absolute atomic E-state index is 1.05. The fourth-order valence-corrected chi connectivity index (χ4v) is 4.92. The lowest BCUT2D eigenvalue weighted by molar-refractivity contribution is 0.942. The summed E-state index contributed by atoms with van der Waals surface area (Å²) in [5.41, 5.74) is 14.0. The lowest BCUT2D eigenvalue weighted by Gasteiger charge is -2.23. The molecule has 0 aliphatic heterocycles. The molecule has 0 heterocycles. The molecule has 0 radical (unpaired) electrons. The molecule has 0 saturated heterocycles. The van der Waals surface area contributed by atoms with E-state index in [1.54, 1.807) is 33.4 Å². The van der Waals surface area contributed by atoms with Crippen molar-refractivity contribution in [1.82, 2.24) is 0 Å². The third-order valence-electron chi connectivity index (χ3n) is 6.00. The van der Waals surface area contributed by atoms with Gasteiger partial charge in [0.2, 0.25) is 0 Å². The van der Waals surface area contributed by atoms with Gasteiger partial charge in [-0.1, -0.05) is 75.4 Å². The smallest absolute Gasteiger partial charge is 0.00104 e. The van der Waals surface area contributed by atoms with Crippen molar-refractivity contribution in [2.45, 2.75) is 52.9 Å². The number of rotatable bonds is 5. The number of hydrogen-bond donors (Lipinski definition) is 0. The summed E-state index contributed by atoms with van der Waals surface area (Å²) < 4.78 is 0. The van der Waals surface area contributed by atoms with E-state index in [1.807, 2.05) is 0 Å². The summed E-state index contributed by atoms with van der Waals surface area (Å²) in [7, 11) is 0. The molecule has 0 amide bonds. The van der Waals surface area contributed by atoms with Crippen LogP contribution < -0.4 is 0 Å². The van der Waals surface area contributed by atoms with Gasteiger partial charge in [0.15, 0.2) is 0 Å². The predicted octanol–water partition coefficient (Wildman–Crippen LogP) is 6.54. The van der Waals surface area contributed by atoms with E-state index in [9.17, 15) is 0 Å². The van der Waals surface area contributed by atoms with Gasteiger partial charge < -0.3 is 0 Å². The summed E-state index contributed by atoms with van der Waals surface area (Å²) in [6.45, 7) is 6.98. The fourth-order valence-electron chi connectivity index (χ4n) is 4.92. The van der Waals surface area contributed by atoms with Gasteiger partial charge in [-0.05, 0) is 82.2 Å². The van der Waals surface area contributed by atoms with Gasteiger partial charge in [-0.2, -0.15) is 0 Å². The lowest BCUT2D eigenvalue weighted by atomic mass is 9.81. The second kappa shape index (κ2) is 7.11. The van der Waals surface area contributed by atoms with Crippen LogP contribution >= 0.6 is 0 Å². The molecular formula is C26H28. The monoisotopic (exact) mass is 340 g/mol. The number of fused-ring (bicyclic) bond motifs is 3. The Balaban J connectivity index is 2.00. The molecule has 26 heavy (non-hydrogen) atoms. The van der Waals surface area contributed by atoms with Gasteiger partial charge in [0, 0.05) is 0 Å². The van der Waals surface area contributed by atoms with E-state index >= 15 is 0 Å². The summed E-state index contributed by atoms with van der Waals surface area (Å²) >= 11 is 0. The summed E-state index contributed by atoms with van der Waals surface area (Å²) in [6.07, 6.45) is 5.53. The van der Waals surface area contributed by atoms with Crippen molar-refractivity contribution >= 4 is 0 Å². The summed E-state index contributed by atoms with van der Waals surface area (Å²) in [6, 6.07) is 20.0. The maximum absolute atomic E-state index is 2.33. The fraction of sp³-hybridized carbons (Fsp3) is 0.308. The summed E-state index contributed by atoms with van der Waals surface area (Å²) in [5, 5.41) is 0. The third kappa shape index (κ3) is 2.69. The van der Waals surface area contributed by atoms with Crippen molar-refractivity contribution in [2.75, 3.05) is 0 Å². The van der Waals surface area contributed by atoms with Crippen LogP contribution in [0.25, 0.3) is 11.1 Å². The Morgan fingerprint density at radius 3 is 1.96 bits per heavy atom. The summed E-state index contributed by atoms with van der Waals surface area (Å²) in [5.74, 6) is 0. The van der Waals surface area contributed by atoms with E-state index in [1.165, 1.54) is 16.7 Å². The Labute approximate surface area is 157 Å². The van der Waals surface area contributed by atoms with Crippen LogP contribution in [0.4, 0.5) is 0 Å². The van der Waals surface area contributed by atoms with Crippen LogP contribution in [0.3, 0.4) is 0 Å². The lowest BCUT2D eigenvalue weighted by Crippen LogP contribution is -2.09. The van der Waals surface area contributed by atoms with Crippen LogP contribution in [0.5, 0.6) is 0 Å².